The van der Waals surface area contributed by atoms with Crippen LogP contribution < -0.4 is 10.6 Å². The zero-order chi connectivity index (χ0) is 18.8. The number of nitrogens with one attached hydrogen (secondary N) is 2. The summed E-state index contributed by atoms with van der Waals surface area (Å²) < 4.78 is 29.1. The predicted molar refractivity (Wildman–Crippen MR) is 119 cm³/mol. The molecule has 0 radical (unpaired) electrons. The first-order valence-electron chi connectivity index (χ1n) is 8.62. The van der Waals surface area contributed by atoms with Gasteiger partial charge in [-0.3, -0.25) is 4.99 Å². The molecule has 150 valence electrons. The summed E-state index contributed by atoms with van der Waals surface area (Å²) in [6.45, 7) is 9.72. The van der Waals surface area contributed by atoms with Crippen LogP contribution >= 0.6 is 24.0 Å². The zero-order valence-corrected chi connectivity index (χ0v) is 19.3. The molecule has 0 atom stereocenters. The number of sulfone groups is 1. The maximum absolute atomic E-state index is 12.1. The Kier molecular flexibility index (Phi) is 12.1. The van der Waals surface area contributed by atoms with Gasteiger partial charge in [0.15, 0.2) is 15.8 Å². The Bertz CT molecular complexity index is 629. The third-order valence-electron chi connectivity index (χ3n) is 3.56. The van der Waals surface area contributed by atoms with Crippen LogP contribution in [-0.2, 0) is 21.2 Å². The Morgan fingerprint density at radius 1 is 1.15 bits per heavy atom. The van der Waals surface area contributed by atoms with Crippen LogP contribution in [0, 0.1) is 0 Å². The Labute approximate surface area is 175 Å². The number of hydrogen-bond acceptors (Lipinski definition) is 4. The van der Waals surface area contributed by atoms with Gasteiger partial charge in [-0.25, -0.2) is 8.42 Å². The highest BCUT2D eigenvalue weighted by atomic mass is 127. The molecule has 0 saturated carbocycles. The molecule has 0 fully saturated rings. The van der Waals surface area contributed by atoms with Gasteiger partial charge < -0.3 is 15.4 Å². The Balaban J connectivity index is 0.00000625. The molecule has 0 amide bonds. The molecule has 0 spiro atoms. The fraction of sp³-hybridized carbons (Fsp3) is 0.611. The van der Waals surface area contributed by atoms with E-state index in [0.717, 1.165) is 5.56 Å². The topological polar surface area (TPSA) is 79.8 Å². The highest BCUT2D eigenvalue weighted by molar-refractivity contribution is 14.0. The molecule has 0 aliphatic carbocycles. The molecular formula is C18H32IN3O3S. The lowest BCUT2D eigenvalue weighted by molar-refractivity contribution is 0.128. The minimum atomic E-state index is -3.14. The van der Waals surface area contributed by atoms with Gasteiger partial charge in [-0.1, -0.05) is 30.3 Å². The quantitative estimate of drug-likeness (QED) is 0.237. The van der Waals surface area contributed by atoms with Crippen LogP contribution in [-0.4, -0.2) is 51.1 Å². The highest BCUT2D eigenvalue weighted by Gasteiger charge is 2.28. The number of nitrogens with zero attached hydrogens (tertiary/aromatic N) is 1. The van der Waals surface area contributed by atoms with Crippen LogP contribution in [0.25, 0.3) is 0 Å². The van der Waals surface area contributed by atoms with Crippen LogP contribution in [0.4, 0.5) is 0 Å². The molecule has 0 heterocycles. The van der Waals surface area contributed by atoms with E-state index in [9.17, 15) is 8.42 Å². The lowest BCUT2D eigenvalue weighted by Crippen LogP contribution is -2.42. The highest BCUT2D eigenvalue weighted by Crippen LogP contribution is 2.15. The van der Waals surface area contributed by atoms with E-state index in [4.69, 9.17) is 4.74 Å². The number of guanidine groups is 1. The van der Waals surface area contributed by atoms with E-state index in [0.29, 0.717) is 38.8 Å². The molecule has 6 nitrogen and oxygen atoms in total. The van der Waals surface area contributed by atoms with E-state index in [-0.39, 0.29) is 29.7 Å². The summed E-state index contributed by atoms with van der Waals surface area (Å²) >= 11 is 0. The second-order valence-electron chi connectivity index (χ2n) is 6.66. The summed E-state index contributed by atoms with van der Waals surface area (Å²) in [5.74, 6) is 0.681. The molecule has 0 saturated heterocycles. The molecule has 1 aromatic rings. The lowest BCUT2D eigenvalue weighted by atomic mass is 10.2. The largest absolute Gasteiger partial charge is 0.375 e. The summed E-state index contributed by atoms with van der Waals surface area (Å²) in [6.07, 6.45) is 0. The summed E-state index contributed by atoms with van der Waals surface area (Å²) in [7, 11) is -3.14. The van der Waals surface area contributed by atoms with E-state index >= 15 is 0 Å². The number of aliphatic imine (C=N–C) groups is 1. The first kappa shape index (κ1) is 25.1. The monoisotopic (exact) mass is 497 g/mol. The Morgan fingerprint density at radius 3 is 2.38 bits per heavy atom. The number of halogens is 1. The number of ether oxygens (including phenoxy) is 1. The molecule has 1 rings (SSSR count). The second kappa shape index (κ2) is 12.5. The lowest BCUT2D eigenvalue weighted by Gasteiger charge is -2.19. The standard InChI is InChI=1S/C18H31N3O3S.HI/c1-5-19-17(21-12-14-25(22,23)18(2,3)4)20-11-13-24-15-16-9-7-6-8-10-16;/h6-10H,5,11-15H2,1-4H3,(H2,19,20,21);1H. The van der Waals surface area contributed by atoms with E-state index in [2.05, 4.69) is 15.6 Å². The predicted octanol–water partition coefficient (Wildman–Crippen LogP) is 2.59. The van der Waals surface area contributed by atoms with E-state index < -0.39 is 14.6 Å². The SMILES string of the molecule is CCNC(=NCCOCc1ccccc1)NCCS(=O)(=O)C(C)(C)C.I. The molecule has 1 aromatic carbocycles. The minimum absolute atomic E-state index is 0. The maximum Gasteiger partial charge on any atom is 0.191 e. The van der Waals surface area contributed by atoms with Gasteiger partial charge in [-0.05, 0) is 33.3 Å². The van der Waals surface area contributed by atoms with Crippen LogP contribution in [0.1, 0.15) is 33.3 Å². The van der Waals surface area contributed by atoms with Crippen molar-refractivity contribution in [2.45, 2.75) is 39.0 Å². The van der Waals surface area contributed by atoms with Gasteiger partial charge in [0.2, 0.25) is 0 Å². The molecule has 0 bridgehead atoms. The second-order valence-corrected chi connectivity index (χ2v) is 9.52. The first-order valence-corrected chi connectivity index (χ1v) is 10.3. The summed E-state index contributed by atoms with van der Waals surface area (Å²) in [4.78, 5) is 4.40. The van der Waals surface area contributed by atoms with Gasteiger partial charge in [-0.15, -0.1) is 24.0 Å². The Morgan fingerprint density at radius 2 is 1.81 bits per heavy atom. The van der Waals surface area contributed by atoms with Gasteiger partial charge >= 0.3 is 0 Å². The van der Waals surface area contributed by atoms with Crippen LogP contribution in [0.3, 0.4) is 0 Å². The average Bonchev–Trinajstić information content (AvgIpc) is 2.54. The molecule has 0 aromatic heterocycles. The average molecular weight is 497 g/mol. The Hall–Kier alpha value is -0.870. The van der Waals surface area contributed by atoms with Crippen molar-refractivity contribution in [3.8, 4) is 0 Å². The smallest absolute Gasteiger partial charge is 0.191 e. The fourth-order valence-electron chi connectivity index (χ4n) is 1.94. The molecule has 2 N–H and O–H groups in total. The summed E-state index contributed by atoms with van der Waals surface area (Å²) in [6, 6.07) is 9.97. The molecule has 0 unspecified atom stereocenters. The summed E-state index contributed by atoms with van der Waals surface area (Å²) in [5.41, 5.74) is 1.13. The number of rotatable bonds is 9. The van der Waals surface area contributed by atoms with Crippen LogP contribution in [0.2, 0.25) is 0 Å². The third-order valence-corrected chi connectivity index (χ3v) is 6.17. The fourth-order valence-corrected chi connectivity index (χ4v) is 2.92. The molecule has 8 heteroatoms. The normalized spacial score (nSPS) is 12.4. The van der Waals surface area contributed by atoms with Gasteiger partial charge in [0.25, 0.3) is 0 Å². The van der Waals surface area contributed by atoms with E-state index in [1.807, 2.05) is 37.3 Å². The van der Waals surface area contributed by atoms with E-state index in [1.165, 1.54) is 0 Å². The van der Waals surface area contributed by atoms with Crippen molar-refractivity contribution < 1.29 is 13.2 Å². The van der Waals surface area contributed by atoms with Crippen molar-refractivity contribution in [1.82, 2.24) is 10.6 Å². The van der Waals surface area contributed by atoms with Gasteiger partial charge in [0.05, 0.1) is 30.3 Å². The molecule has 0 aliphatic rings. The van der Waals surface area contributed by atoms with E-state index in [1.54, 1.807) is 20.8 Å². The number of hydrogen-bond donors (Lipinski definition) is 2. The maximum atomic E-state index is 12.1. The van der Waals surface area contributed by atoms with Gasteiger partial charge in [0.1, 0.15) is 0 Å². The zero-order valence-electron chi connectivity index (χ0n) is 16.1. The van der Waals surface area contributed by atoms with Crippen molar-refractivity contribution in [2.24, 2.45) is 4.99 Å². The van der Waals surface area contributed by atoms with Crippen molar-refractivity contribution in [1.29, 1.82) is 0 Å². The van der Waals surface area contributed by atoms with Gasteiger partial charge in [-0.2, -0.15) is 0 Å². The summed E-state index contributed by atoms with van der Waals surface area (Å²) in [5, 5.41) is 6.17. The molecular weight excluding hydrogens is 465 g/mol. The number of benzene rings is 1. The first-order chi connectivity index (χ1) is 11.8. The third kappa shape index (κ3) is 9.72. The van der Waals surface area contributed by atoms with Crippen molar-refractivity contribution in [3.63, 3.8) is 0 Å². The van der Waals surface area contributed by atoms with Crippen molar-refractivity contribution in [2.75, 3.05) is 32.0 Å². The van der Waals surface area contributed by atoms with Crippen molar-refractivity contribution in [3.05, 3.63) is 35.9 Å². The van der Waals surface area contributed by atoms with Crippen LogP contribution in [0.15, 0.2) is 35.3 Å². The minimum Gasteiger partial charge on any atom is -0.375 e. The van der Waals surface area contributed by atoms with Crippen LogP contribution in [0.5, 0.6) is 0 Å². The van der Waals surface area contributed by atoms with Crippen molar-refractivity contribution >= 4 is 39.8 Å². The van der Waals surface area contributed by atoms with Gasteiger partial charge in [0, 0.05) is 13.1 Å². The molecule has 0 aliphatic heterocycles. The molecule has 26 heavy (non-hydrogen) atoms.